The first-order chi connectivity index (χ1) is 11.5. The van der Waals surface area contributed by atoms with Crippen LogP contribution in [-0.4, -0.2) is 10.9 Å². The monoisotopic (exact) mass is 444 g/mol. The molecule has 0 aliphatic carbocycles. The Labute approximate surface area is 157 Å². The Morgan fingerprint density at radius 1 is 0.667 bits per heavy atom. The van der Waals surface area contributed by atoms with Gasteiger partial charge in [-0.25, -0.2) is 0 Å². The lowest BCUT2D eigenvalue weighted by Gasteiger charge is -2.12. The van der Waals surface area contributed by atoms with Gasteiger partial charge in [-0.05, 0) is 47.5 Å². The predicted octanol–water partition coefficient (Wildman–Crippen LogP) is 5.52. The Balaban J connectivity index is 1.81. The van der Waals surface area contributed by atoms with Gasteiger partial charge in [0.25, 0.3) is 0 Å². The molecule has 0 radical (unpaired) electrons. The summed E-state index contributed by atoms with van der Waals surface area (Å²) >= 11 is 6.74. The summed E-state index contributed by atoms with van der Waals surface area (Å²) in [4.78, 5) is 12.5. The summed E-state index contributed by atoms with van der Waals surface area (Å²) < 4.78 is 1.90. The molecular weight excluding hydrogens is 432 g/mol. The smallest absolute Gasteiger partial charge is 0.193 e. The van der Waals surface area contributed by atoms with Crippen LogP contribution in [0.2, 0.25) is 0 Å². The number of halogens is 2. The molecule has 120 valence electrons. The summed E-state index contributed by atoms with van der Waals surface area (Å²) in [5.74, 6) is -0.0350. The highest BCUT2D eigenvalue weighted by Gasteiger charge is 2.13. The molecule has 0 saturated heterocycles. The van der Waals surface area contributed by atoms with Gasteiger partial charge in [0.2, 0.25) is 0 Å². The SMILES string of the molecule is O=C(c1ccc(Br)cc1)c1ccc(C(O)c2ccc(Br)cc2)cc1. The van der Waals surface area contributed by atoms with Crippen LogP contribution in [0.15, 0.2) is 81.7 Å². The molecular formula is C20H14Br2O2. The van der Waals surface area contributed by atoms with E-state index in [2.05, 4.69) is 31.9 Å². The van der Waals surface area contributed by atoms with Crippen molar-refractivity contribution in [2.24, 2.45) is 0 Å². The molecule has 0 aliphatic heterocycles. The van der Waals surface area contributed by atoms with Crippen LogP contribution in [0.1, 0.15) is 33.2 Å². The van der Waals surface area contributed by atoms with Gasteiger partial charge in [0.05, 0.1) is 0 Å². The Morgan fingerprint density at radius 3 is 1.46 bits per heavy atom. The third-order valence-corrected chi connectivity index (χ3v) is 4.84. The van der Waals surface area contributed by atoms with Crippen molar-refractivity contribution < 1.29 is 9.90 Å². The maximum atomic E-state index is 12.5. The zero-order chi connectivity index (χ0) is 17.1. The second kappa shape index (κ2) is 7.43. The number of carbonyl (C=O) groups is 1. The van der Waals surface area contributed by atoms with Crippen molar-refractivity contribution in [3.8, 4) is 0 Å². The van der Waals surface area contributed by atoms with Gasteiger partial charge >= 0.3 is 0 Å². The van der Waals surface area contributed by atoms with Crippen molar-refractivity contribution in [1.29, 1.82) is 0 Å². The van der Waals surface area contributed by atoms with Crippen LogP contribution in [-0.2, 0) is 0 Å². The molecule has 0 fully saturated rings. The van der Waals surface area contributed by atoms with Crippen molar-refractivity contribution in [2.75, 3.05) is 0 Å². The second-order valence-electron chi connectivity index (χ2n) is 5.41. The lowest BCUT2D eigenvalue weighted by molar-refractivity contribution is 0.103. The van der Waals surface area contributed by atoms with Crippen molar-refractivity contribution in [3.63, 3.8) is 0 Å². The van der Waals surface area contributed by atoms with Crippen LogP contribution < -0.4 is 0 Å². The maximum Gasteiger partial charge on any atom is 0.193 e. The first-order valence-electron chi connectivity index (χ1n) is 7.38. The van der Waals surface area contributed by atoms with Crippen molar-refractivity contribution in [2.45, 2.75) is 6.10 Å². The first kappa shape index (κ1) is 17.1. The lowest BCUT2D eigenvalue weighted by atomic mass is 9.98. The molecule has 0 bridgehead atoms. The van der Waals surface area contributed by atoms with E-state index in [-0.39, 0.29) is 5.78 Å². The Hall–Kier alpha value is -1.75. The van der Waals surface area contributed by atoms with E-state index in [4.69, 9.17) is 0 Å². The van der Waals surface area contributed by atoms with Gasteiger partial charge in [0.15, 0.2) is 5.78 Å². The van der Waals surface area contributed by atoms with Gasteiger partial charge in [0.1, 0.15) is 6.10 Å². The standard InChI is InChI=1S/C20H14Br2O2/c21-17-9-5-15(6-10-17)19(23)13-1-2-14(4-3-13)20(24)16-7-11-18(22)12-8-16/h1-12,19,23H. The minimum atomic E-state index is -0.713. The van der Waals surface area contributed by atoms with Gasteiger partial charge < -0.3 is 5.11 Å². The molecule has 2 nitrogen and oxygen atoms in total. The van der Waals surface area contributed by atoms with Crippen molar-refractivity contribution in [1.82, 2.24) is 0 Å². The molecule has 0 aromatic heterocycles. The highest BCUT2D eigenvalue weighted by molar-refractivity contribution is 9.10. The van der Waals surface area contributed by atoms with E-state index in [0.717, 1.165) is 20.1 Å². The molecule has 3 aromatic rings. The van der Waals surface area contributed by atoms with Gasteiger partial charge in [-0.1, -0.05) is 68.3 Å². The van der Waals surface area contributed by atoms with E-state index in [1.54, 1.807) is 36.4 Å². The summed E-state index contributed by atoms with van der Waals surface area (Å²) in [5, 5.41) is 10.5. The molecule has 0 saturated carbocycles. The molecule has 3 rings (SSSR count). The number of hydrogen-bond donors (Lipinski definition) is 1. The fourth-order valence-electron chi connectivity index (χ4n) is 2.42. The number of aliphatic hydroxyl groups is 1. The van der Waals surface area contributed by atoms with Crippen LogP contribution in [0, 0.1) is 0 Å². The molecule has 0 aliphatic rings. The summed E-state index contributed by atoms with van der Waals surface area (Å²) in [6, 6.07) is 21.9. The number of aliphatic hydroxyl groups excluding tert-OH is 1. The predicted molar refractivity (Wildman–Crippen MR) is 102 cm³/mol. The van der Waals surface area contributed by atoms with Crippen LogP contribution in [0.5, 0.6) is 0 Å². The molecule has 0 heterocycles. The van der Waals surface area contributed by atoms with Crippen LogP contribution >= 0.6 is 31.9 Å². The molecule has 0 amide bonds. The average Bonchev–Trinajstić information content (AvgIpc) is 2.62. The molecule has 0 spiro atoms. The molecule has 24 heavy (non-hydrogen) atoms. The number of hydrogen-bond acceptors (Lipinski definition) is 2. The fourth-order valence-corrected chi connectivity index (χ4v) is 2.95. The minimum absolute atomic E-state index is 0.0350. The summed E-state index contributed by atoms with van der Waals surface area (Å²) in [5.41, 5.74) is 2.80. The number of ketones is 1. The van der Waals surface area contributed by atoms with Crippen molar-refractivity contribution >= 4 is 37.6 Å². The molecule has 1 N–H and O–H groups in total. The third-order valence-electron chi connectivity index (χ3n) is 3.78. The molecule has 4 heteroatoms. The Bertz CT molecular complexity index is 838. The number of benzene rings is 3. The lowest BCUT2D eigenvalue weighted by Crippen LogP contribution is -2.03. The minimum Gasteiger partial charge on any atom is -0.384 e. The topological polar surface area (TPSA) is 37.3 Å². The molecule has 1 atom stereocenters. The van der Waals surface area contributed by atoms with E-state index >= 15 is 0 Å². The van der Waals surface area contributed by atoms with Gasteiger partial charge in [-0.3, -0.25) is 4.79 Å². The third kappa shape index (κ3) is 3.83. The fraction of sp³-hybridized carbons (Fsp3) is 0.0500. The molecule has 3 aromatic carbocycles. The van der Waals surface area contributed by atoms with Crippen LogP contribution in [0.3, 0.4) is 0 Å². The van der Waals surface area contributed by atoms with Crippen LogP contribution in [0.25, 0.3) is 0 Å². The second-order valence-corrected chi connectivity index (χ2v) is 7.24. The number of carbonyl (C=O) groups excluding carboxylic acids is 1. The van der Waals surface area contributed by atoms with Gasteiger partial charge in [0, 0.05) is 20.1 Å². The maximum absolute atomic E-state index is 12.5. The largest absolute Gasteiger partial charge is 0.384 e. The quantitative estimate of drug-likeness (QED) is 0.536. The summed E-state index contributed by atoms with van der Waals surface area (Å²) in [6.45, 7) is 0. The van der Waals surface area contributed by atoms with E-state index in [1.807, 2.05) is 36.4 Å². The van der Waals surface area contributed by atoms with E-state index in [0.29, 0.717) is 11.1 Å². The van der Waals surface area contributed by atoms with Gasteiger partial charge in [-0.15, -0.1) is 0 Å². The first-order valence-corrected chi connectivity index (χ1v) is 8.97. The van der Waals surface area contributed by atoms with E-state index < -0.39 is 6.10 Å². The highest BCUT2D eigenvalue weighted by atomic mass is 79.9. The molecule has 1 unspecified atom stereocenters. The average molecular weight is 446 g/mol. The van der Waals surface area contributed by atoms with E-state index in [9.17, 15) is 9.90 Å². The summed E-state index contributed by atoms with van der Waals surface area (Å²) in [7, 11) is 0. The Morgan fingerprint density at radius 2 is 1.00 bits per heavy atom. The van der Waals surface area contributed by atoms with Crippen LogP contribution in [0.4, 0.5) is 0 Å². The van der Waals surface area contributed by atoms with Gasteiger partial charge in [-0.2, -0.15) is 0 Å². The zero-order valence-electron chi connectivity index (χ0n) is 12.6. The summed E-state index contributed by atoms with van der Waals surface area (Å²) in [6.07, 6.45) is -0.713. The van der Waals surface area contributed by atoms with Crippen molar-refractivity contribution in [3.05, 3.63) is 104 Å². The highest BCUT2D eigenvalue weighted by Crippen LogP contribution is 2.24. The Kier molecular flexibility index (Phi) is 5.29. The zero-order valence-corrected chi connectivity index (χ0v) is 15.8. The normalized spacial score (nSPS) is 12.0. The van der Waals surface area contributed by atoms with E-state index in [1.165, 1.54) is 0 Å². The number of rotatable bonds is 4.